The largest absolute Gasteiger partial charge is 0.493 e. The summed E-state index contributed by atoms with van der Waals surface area (Å²) in [6.45, 7) is 6.32. The van der Waals surface area contributed by atoms with Gasteiger partial charge in [-0.15, -0.1) is 0 Å². The summed E-state index contributed by atoms with van der Waals surface area (Å²) in [5.74, 6) is 3.37. The van der Waals surface area contributed by atoms with E-state index in [1.54, 1.807) is 20.3 Å². The quantitative estimate of drug-likeness (QED) is 0.771. The number of rotatable bonds is 7. The maximum atomic E-state index is 12.8. The number of methoxy groups -OCH3 is 2. The van der Waals surface area contributed by atoms with Crippen molar-refractivity contribution in [2.75, 3.05) is 39.2 Å². The van der Waals surface area contributed by atoms with Crippen LogP contribution in [-0.4, -0.2) is 54.6 Å². The van der Waals surface area contributed by atoms with Crippen LogP contribution in [0.1, 0.15) is 41.6 Å². The fourth-order valence-corrected chi connectivity index (χ4v) is 3.51. The highest BCUT2D eigenvalue weighted by Gasteiger charge is 2.23. The first-order valence-corrected chi connectivity index (χ1v) is 10.1. The Morgan fingerprint density at radius 3 is 2.55 bits per heavy atom. The van der Waals surface area contributed by atoms with Crippen LogP contribution >= 0.6 is 0 Å². The van der Waals surface area contributed by atoms with E-state index in [1.165, 1.54) is 0 Å². The number of aryl methyl sites for hydroxylation is 1. The van der Waals surface area contributed by atoms with Crippen molar-refractivity contribution < 1.29 is 14.3 Å². The van der Waals surface area contributed by atoms with Crippen LogP contribution in [0.2, 0.25) is 0 Å². The highest BCUT2D eigenvalue weighted by atomic mass is 16.5. The second-order valence-electron chi connectivity index (χ2n) is 7.53. The topological polar surface area (TPSA) is 76.6 Å². The van der Waals surface area contributed by atoms with Gasteiger partial charge in [0.2, 0.25) is 0 Å². The van der Waals surface area contributed by atoms with E-state index in [1.807, 2.05) is 30.0 Å². The summed E-state index contributed by atoms with van der Waals surface area (Å²) < 4.78 is 10.6. The first-order valence-electron chi connectivity index (χ1n) is 10.1. The van der Waals surface area contributed by atoms with E-state index in [-0.39, 0.29) is 5.91 Å². The number of nitrogens with one attached hydrogen (secondary N) is 1. The first-order chi connectivity index (χ1) is 14.0. The van der Waals surface area contributed by atoms with Gasteiger partial charge in [-0.25, -0.2) is 9.97 Å². The molecule has 1 fully saturated rings. The van der Waals surface area contributed by atoms with Gasteiger partial charge in [-0.3, -0.25) is 4.79 Å². The number of piperidine rings is 1. The highest BCUT2D eigenvalue weighted by Crippen LogP contribution is 2.27. The Morgan fingerprint density at radius 1 is 1.14 bits per heavy atom. The third-order valence-electron chi connectivity index (χ3n) is 5.30. The fourth-order valence-electron chi connectivity index (χ4n) is 3.51. The number of amides is 1. The molecule has 7 heteroatoms. The molecule has 1 aromatic carbocycles. The summed E-state index contributed by atoms with van der Waals surface area (Å²) in [6.07, 6.45) is 2.88. The van der Waals surface area contributed by atoms with Crippen molar-refractivity contribution in [1.82, 2.24) is 14.9 Å². The molecular formula is C22H30N4O3. The predicted molar refractivity (Wildman–Crippen MR) is 113 cm³/mol. The normalized spacial score (nSPS) is 14.6. The van der Waals surface area contributed by atoms with Crippen LogP contribution in [0.15, 0.2) is 24.3 Å². The number of hydrogen-bond donors (Lipinski definition) is 1. The number of likely N-dealkylation sites (tertiary alicyclic amines) is 1. The smallest absolute Gasteiger partial charge is 0.272 e. The van der Waals surface area contributed by atoms with Crippen LogP contribution in [0.5, 0.6) is 11.5 Å². The molecule has 156 valence electrons. The average Bonchev–Trinajstić information content (AvgIpc) is 2.73. The van der Waals surface area contributed by atoms with Gasteiger partial charge in [-0.2, -0.15) is 0 Å². The summed E-state index contributed by atoms with van der Waals surface area (Å²) in [5.41, 5.74) is 1.58. The molecule has 2 heterocycles. The Balaban J connectivity index is 1.62. The SMILES string of the molecule is COc1ccc(CCNc2cc(C(=O)N3CCC(C)CC3)nc(C)n2)cc1OC. The zero-order valence-corrected chi connectivity index (χ0v) is 17.7. The van der Waals surface area contributed by atoms with Gasteiger partial charge in [-0.1, -0.05) is 13.0 Å². The van der Waals surface area contributed by atoms with Crippen LogP contribution in [-0.2, 0) is 6.42 Å². The van der Waals surface area contributed by atoms with Gasteiger partial charge in [0.25, 0.3) is 5.91 Å². The first kappa shape index (κ1) is 20.9. The molecule has 0 radical (unpaired) electrons. The van der Waals surface area contributed by atoms with Crippen molar-refractivity contribution in [3.05, 3.63) is 41.3 Å². The molecule has 2 aromatic rings. The lowest BCUT2D eigenvalue weighted by Gasteiger charge is -2.30. The monoisotopic (exact) mass is 398 g/mol. The summed E-state index contributed by atoms with van der Waals surface area (Å²) in [4.78, 5) is 23.5. The standard InChI is InChI=1S/C22H30N4O3/c1-15-8-11-26(12-9-15)22(27)18-14-21(25-16(2)24-18)23-10-7-17-5-6-19(28-3)20(13-17)29-4/h5-6,13-15H,7-12H2,1-4H3,(H,23,24,25). The van der Waals surface area contributed by atoms with Gasteiger partial charge in [0.1, 0.15) is 17.3 Å². The van der Waals surface area contributed by atoms with Gasteiger partial charge >= 0.3 is 0 Å². The lowest BCUT2D eigenvalue weighted by atomic mass is 9.99. The lowest BCUT2D eigenvalue weighted by molar-refractivity contribution is 0.0691. The maximum Gasteiger partial charge on any atom is 0.272 e. The van der Waals surface area contributed by atoms with E-state index in [0.717, 1.165) is 37.9 Å². The molecule has 3 rings (SSSR count). The number of ether oxygens (including phenoxy) is 2. The minimum Gasteiger partial charge on any atom is -0.493 e. The Hall–Kier alpha value is -2.83. The van der Waals surface area contributed by atoms with Crippen molar-refractivity contribution in [2.45, 2.75) is 33.1 Å². The number of anilines is 1. The second-order valence-corrected chi connectivity index (χ2v) is 7.53. The Morgan fingerprint density at radius 2 is 1.86 bits per heavy atom. The van der Waals surface area contributed by atoms with E-state index in [0.29, 0.717) is 41.3 Å². The predicted octanol–water partition coefficient (Wildman–Crippen LogP) is 3.33. The zero-order valence-electron chi connectivity index (χ0n) is 17.7. The van der Waals surface area contributed by atoms with E-state index in [2.05, 4.69) is 22.2 Å². The number of carbonyl (C=O) groups is 1. The van der Waals surface area contributed by atoms with Crippen LogP contribution in [0, 0.1) is 12.8 Å². The summed E-state index contributed by atoms with van der Waals surface area (Å²) >= 11 is 0. The third-order valence-corrected chi connectivity index (χ3v) is 5.30. The van der Waals surface area contributed by atoms with Crippen molar-refractivity contribution >= 4 is 11.7 Å². The Labute approximate surface area is 172 Å². The summed E-state index contributed by atoms with van der Waals surface area (Å²) in [5, 5.41) is 3.31. The molecule has 0 bridgehead atoms. The van der Waals surface area contributed by atoms with Crippen molar-refractivity contribution in [1.29, 1.82) is 0 Å². The van der Waals surface area contributed by atoms with Gasteiger partial charge < -0.3 is 19.7 Å². The molecule has 0 aliphatic carbocycles. The molecule has 7 nitrogen and oxygen atoms in total. The molecule has 1 aliphatic rings. The number of aromatic nitrogens is 2. The molecule has 1 N–H and O–H groups in total. The molecule has 1 saturated heterocycles. The minimum atomic E-state index is -0.00894. The van der Waals surface area contributed by atoms with Crippen molar-refractivity contribution in [2.24, 2.45) is 5.92 Å². The van der Waals surface area contributed by atoms with Crippen molar-refractivity contribution in [3.63, 3.8) is 0 Å². The second kappa shape index (κ2) is 9.58. The van der Waals surface area contributed by atoms with Crippen LogP contribution in [0.4, 0.5) is 5.82 Å². The number of carbonyl (C=O) groups excluding carboxylic acids is 1. The Kier molecular flexibility index (Phi) is 6.90. The molecule has 0 spiro atoms. The average molecular weight is 399 g/mol. The Bertz CT molecular complexity index is 848. The molecule has 0 atom stereocenters. The van der Waals surface area contributed by atoms with E-state index >= 15 is 0 Å². The van der Waals surface area contributed by atoms with Crippen LogP contribution < -0.4 is 14.8 Å². The molecular weight excluding hydrogens is 368 g/mol. The van der Waals surface area contributed by atoms with Crippen LogP contribution in [0.25, 0.3) is 0 Å². The van der Waals surface area contributed by atoms with E-state index in [4.69, 9.17) is 9.47 Å². The van der Waals surface area contributed by atoms with E-state index in [9.17, 15) is 4.79 Å². The summed E-state index contributed by atoms with van der Waals surface area (Å²) in [6, 6.07) is 7.64. The number of nitrogens with zero attached hydrogens (tertiary/aromatic N) is 3. The molecule has 0 unspecified atom stereocenters. The van der Waals surface area contributed by atoms with Crippen molar-refractivity contribution in [3.8, 4) is 11.5 Å². The lowest BCUT2D eigenvalue weighted by Crippen LogP contribution is -2.38. The zero-order chi connectivity index (χ0) is 20.8. The van der Waals surface area contributed by atoms with Gasteiger partial charge in [-0.05, 0) is 49.8 Å². The maximum absolute atomic E-state index is 12.8. The molecule has 0 saturated carbocycles. The highest BCUT2D eigenvalue weighted by molar-refractivity contribution is 5.93. The van der Waals surface area contributed by atoms with E-state index < -0.39 is 0 Å². The molecule has 29 heavy (non-hydrogen) atoms. The third kappa shape index (κ3) is 5.37. The fraction of sp³-hybridized carbons (Fsp3) is 0.500. The molecule has 1 aromatic heterocycles. The number of hydrogen-bond acceptors (Lipinski definition) is 6. The summed E-state index contributed by atoms with van der Waals surface area (Å²) in [7, 11) is 3.25. The molecule has 1 amide bonds. The van der Waals surface area contributed by atoms with Gasteiger partial charge in [0, 0.05) is 25.7 Å². The number of benzene rings is 1. The van der Waals surface area contributed by atoms with Gasteiger partial charge in [0.15, 0.2) is 11.5 Å². The minimum absolute atomic E-state index is 0.00894. The van der Waals surface area contributed by atoms with Crippen LogP contribution in [0.3, 0.4) is 0 Å². The van der Waals surface area contributed by atoms with Gasteiger partial charge in [0.05, 0.1) is 14.2 Å². The molecule has 1 aliphatic heterocycles.